The summed E-state index contributed by atoms with van der Waals surface area (Å²) in [4.78, 5) is 15.5. The number of hydrogen-bond acceptors (Lipinski definition) is 5. The molecule has 3 rings (SSSR count). The average molecular weight is 371 g/mol. The molecule has 0 radical (unpaired) electrons. The van der Waals surface area contributed by atoms with Crippen LogP contribution < -0.4 is 5.73 Å². The monoisotopic (exact) mass is 370 g/mol. The van der Waals surface area contributed by atoms with Gasteiger partial charge in [-0.3, -0.25) is 4.79 Å². The quantitative estimate of drug-likeness (QED) is 0.882. The van der Waals surface area contributed by atoms with Gasteiger partial charge >= 0.3 is 0 Å². The van der Waals surface area contributed by atoms with Crippen molar-refractivity contribution in [3.05, 3.63) is 29.3 Å². The molecule has 1 atom stereocenters. The number of benzene rings is 1. The molecule has 0 aliphatic carbocycles. The molecule has 24 heavy (non-hydrogen) atoms. The van der Waals surface area contributed by atoms with E-state index in [0.29, 0.717) is 23.9 Å². The molecule has 1 aromatic carbocycles. The van der Waals surface area contributed by atoms with Gasteiger partial charge < -0.3 is 10.6 Å². The molecule has 1 amide bonds. The molecule has 1 fully saturated rings. The first-order chi connectivity index (χ1) is 11.0. The summed E-state index contributed by atoms with van der Waals surface area (Å²) in [6.07, 6.45) is 0.927. The van der Waals surface area contributed by atoms with Crippen molar-refractivity contribution >= 4 is 29.9 Å². The average Bonchev–Trinajstić information content (AvgIpc) is 3.16. The summed E-state index contributed by atoms with van der Waals surface area (Å²) in [5.74, 6) is 0.463. The Hall–Kier alpha value is -1.70. The Morgan fingerprint density at radius 2 is 2.08 bits per heavy atom. The molecule has 2 aromatic rings. The number of hydrogen-bond donors (Lipinski definition) is 1. The highest BCUT2D eigenvalue weighted by Crippen LogP contribution is 2.28. The second-order valence-electron chi connectivity index (χ2n) is 6.23. The Morgan fingerprint density at radius 1 is 1.38 bits per heavy atom. The summed E-state index contributed by atoms with van der Waals surface area (Å²) in [7, 11) is 0. The SMILES string of the molecule is CC1(CN)CCN(C(=O)Cn2nnc(-c3ccc(Cl)cc3)n2)C1.Cl. The second-order valence-corrected chi connectivity index (χ2v) is 6.67. The number of rotatable bonds is 4. The molecule has 7 nitrogen and oxygen atoms in total. The van der Waals surface area contributed by atoms with Gasteiger partial charge in [0.25, 0.3) is 0 Å². The van der Waals surface area contributed by atoms with Crippen LogP contribution in [0, 0.1) is 5.41 Å². The van der Waals surface area contributed by atoms with E-state index in [4.69, 9.17) is 17.3 Å². The highest BCUT2D eigenvalue weighted by Gasteiger charge is 2.34. The van der Waals surface area contributed by atoms with Gasteiger partial charge in [-0.05, 0) is 47.9 Å². The number of nitrogens with two attached hydrogens (primary N) is 1. The lowest BCUT2D eigenvalue weighted by atomic mass is 9.90. The highest BCUT2D eigenvalue weighted by atomic mass is 35.5. The van der Waals surface area contributed by atoms with E-state index in [0.717, 1.165) is 18.5 Å². The van der Waals surface area contributed by atoms with E-state index < -0.39 is 0 Å². The number of carbonyl (C=O) groups excluding carboxylic acids is 1. The van der Waals surface area contributed by atoms with Crippen LogP contribution in [0.4, 0.5) is 0 Å². The van der Waals surface area contributed by atoms with E-state index in [1.54, 1.807) is 12.1 Å². The summed E-state index contributed by atoms with van der Waals surface area (Å²) in [5, 5.41) is 12.8. The Bertz CT molecular complexity index is 704. The fourth-order valence-corrected chi connectivity index (χ4v) is 2.77. The van der Waals surface area contributed by atoms with Crippen molar-refractivity contribution in [2.75, 3.05) is 19.6 Å². The van der Waals surface area contributed by atoms with Crippen molar-refractivity contribution in [2.45, 2.75) is 19.9 Å². The fourth-order valence-electron chi connectivity index (χ4n) is 2.65. The highest BCUT2D eigenvalue weighted by molar-refractivity contribution is 6.30. The maximum Gasteiger partial charge on any atom is 0.246 e. The summed E-state index contributed by atoms with van der Waals surface area (Å²) in [6, 6.07) is 7.17. The second kappa shape index (κ2) is 7.46. The number of nitrogens with zero attached hydrogens (tertiary/aromatic N) is 5. The van der Waals surface area contributed by atoms with Crippen LogP contribution in [0.1, 0.15) is 13.3 Å². The van der Waals surface area contributed by atoms with Gasteiger partial charge in [0, 0.05) is 23.7 Å². The van der Waals surface area contributed by atoms with E-state index in [1.165, 1.54) is 4.80 Å². The minimum atomic E-state index is -0.0118. The summed E-state index contributed by atoms with van der Waals surface area (Å²) < 4.78 is 0. The van der Waals surface area contributed by atoms with Crippen LogP contribution in [-0.4, -0.2) is 50.6 Å². The zero-order chi connectivity index (χ0) is 16.4. The molecule has 2 N–H and O–H groups in total. The Labute approximate surface area is 151 Å². The molecular formula is C15H20Cl2N6O. The third kappa shape index (κ3) is 4.03. The van der Waals surface area contributed by atoms with E-state index in [9.17, 15) is 4.79 Å². The number of carbonyl (C=O) groups is 1. The first kappa shape index (κ1) is 18.6. The third-order valence-corrected chi connectivity index (χ3v) is 4.49. The number of halogens is 2. The smallest absolute Gasteiger partial charge is 0.246 e. The molecule has 0 saturated carbocycles. The summed E-state index contributed by atoms with van der Waals surface area (Å²) >= 11 is 5.86. The van der Waals surface area contributed by atoms with Crippen LogP contribution in [0.25, 0.3) is 11.4 Å². The van der Waals surface area contributed by atoms with Crippen LogP contribution in [0.5, 0.6) is 0 Å². The Morgan fingerprint density at radius 3 is 2.71 bits per heavy atom. The van der Waals surface area contributed by atoms with Crippen LogP contribution in [0.3, 0.4) is 0 Å². The molecule has 2 heterocycles. The van der Waals surface area contributed by atoms with E-state index in [-0.39, 0.29) is 30.3 Å². The fraction of sp³-hybridized carbons (Fsp3) is 0.467. The molecule has 1 saturated heterocycles. The normalized spacial score (nSPS) is 20.0. The molecule has 0 spiro atoms. The van der Waals surface area contributed by atoms with E-state index in [2.05, 4.69) is 22.3 Å². The largest absolute Gasteiger partial charge is 0.340 e. The summed E-state index contributed by atoms with van der Waals surface area (Å²) in [6.45, 7) is 4.18. The van der Waals surface area contributed by atoms with Gasteiger partial charge in [0.15, 0.2) is 0 Å². The van der Waals surface area contributed by atoms with Gasteiger partial charge in [0.1, 0.15) is 6.54 Å². The van der Waals surface area contributed by atoms with E-state index >= 15 is 0 Å². The lowest BCUT2D eigenvalue weighted by molar-refractivity contribution is -0.131. The van der Waals surface area contributed by atoms with Crippen LogP contribution in [0.15, 0.2) is 24.3 Å². The van der Waals surface area contributed by atoms with E-state index in [1.807, 2.05) is 17.0 Å². The number of likely N-dealkylation sites (tertiary alicyclic amines) is 1. The van der Waals surface area contributed by atoms with Crippen molar-refractivity contribution in [1.29, 1.82) is 0 Å². The summed E-state index contributed by atoms with van der Waals surface area (Å²) in [5.41, 5.74) is 6.60. The molecule has 1 unspecified atom stereocenters. The maximum atomic E-state index is 12.3. The molecule has 1 aliphatic rings. The maximum absolute atomic E-state index is 12.3. The predicted octanol–water partition coefficient (Wildman–Crippen LogP) is 1.61. The molecule has 0 bridgehead atoms. The number of tetrazole rings is 1. The molecule has 1 aliphatic heterocycles. The first-order valence-electron chi connectivity index (χ1n) is 7.51. The van der Waals surface area contributed by atoms with Gasteiger partial charge in [-0.25, -0.2) is 0 Å². The predicted molar refractivity (Wildman–Crippen MR) is 93.9 cm³/mol. The van der Waals surface area contributed by atoms with Gasteiger partial charge in [0.05, 0.1) is 0 Å². The van der Waals surface area contributed by atoms with Crippen LogP contribution in [-0.2, 0) is 11.3 Å². The van der Waals surface area contributed by atoms with Gasteiger partial charge in [-0.2, -0.15) is 4.80 Å². The minimum Gasteiger partial charge on any atom is -0.340 e. The molecule has 9 heteroatoms. The van der Waals surface area contributed by atoms with Gasteiger partial charge in [-0.15, -0.1) is 22.6 Å². The van der Waals surface area contributed by atoms with Crippen molar-refractivity contribution in [3.63, 3.8) is 0 Å². The standard InChI is InChI=1S/C15H19ClN6O.ClH/c1-15(9-17)6-7-21(10-15)13(23)8-22-19-14(18-20-22)11-2-4-12(16)5-3-11;/h2-5H,6-10,17H2,1H3;1H. The molecule has 1 aromatic heterocycles. The van der Waals surface area contributed by atoms with Crippen molar-refractivity contribution in [1.82, 2.24) is 25.1 Å². The zero-order valence-corrected chi connectivity index (χ0v) is 14.9. The number of amides is 1. The van der Waals surface area contributed by atoms with Crippen molar-refractivity contribution < 1.29 is 4.79 Å². The topological polar surface area (TPSA) is 89.9 Å². The van der Waals surface area contributed by atoms with Crippen molar-refractivity contribution in [2.24, 2.45) is 11.1 Å². The molecule has 130 valence electrons. The Kier molecular flexibility index (Phi) is 5.79. The lowest BCUT2D eigenvalue weighted by Gasteiger charge is -2.22. The molecular weight excluding hydrogens is 351 g/mol. The van der Waals surface area contributed by atoms with Gasteiger partial charge in [0.2, 0.25) is 11.7 Å². The number of aromatic nitrogens is 4. The van der Waals surface area contributed by atoms with Crippen molar-refractivity contribution in [3.8, 4) is 11.4 Å². The Balaban J connectivity index is 0.00000208. The van der Waals surface area contributed by atoms with Crippen LogP contribution >= 0.6 is 24.0 Å². The minimum absolute atomic E-state index is 0. The zero-order valence-electron chi connectivity index (χ0n) is 13.4. The van der Waals surface area contributed by atoms with Crippen LogP contribution in [0.2, 0.25) is 5.02 Å². The third-order valence-electron chi connectivity index (χ3n) is 4.24. The first-order valence-corrected chi connectivity index (χ1v) is 7.88. The lowest BCUT2D eigenvalue weighted by Crippen LogP contribution is -2.36. The van der Waals surface area contributed by atoms with Gasteiger partial charge in [-0.1, -0.05) is 18.5 Å².